The Hall–Kier alpha value is -1.80. The van der Waals surface area contributed by atoms with Crippen LogP contribution < -0.4 is 4.90 Å². The molecule has 0 saturated carbocycles. The maximum absolute atomic E-state index is 12.4. The summed E-state index contributed by atoms with van der Waals surface area (Å²) >= 11 is 5.85. The van der Waals surface area contributed by atoms with E-state index in [0.29, 0.717) is 11.4 Å². The Kier molecular flexibility index (Phi) is 3.26. The van der Waals surface area contributed by atoms with E-state index >= 15 is 0 Å². The lowest BCUT2D eigenvalue weighted by molar-refractivity contribution is -0.117. The van der Waals surface area contributed by atoms with Crippen LogP contribution in [0.25, 0.3) is 0 Å². The predicted octanol–water partition coefficient (Wildman–Crippen LogP) is 3.47. The average Bonchev–Trinajstić information content (AvgIpc) is 2.85. The lowest BCUT2D eigenvalue weighted by atomic mass is 10.1. The fourth-order valence-corrected chi connectivity index (χ4v) is 2.60. The van der Waals surface area contributed by atoms with Gasteiger partial charge in [0.1, 0.15) is 0 Å². The largest absolute Gasteiger partial charge is 0.312 e. The Morgan fingerprint density at radius 2 is 1.84 bits per heavy atom. The van der Waals surface area contributed by atoms with Crippen LogP contribution in [0.4, 0.5) is 5.69 Å². The summed E-state index contributed by atoms with van der Waals surface area (Å²) in [6.45, 7) is 0.784. The smallest absolute Gasteiger partial charge is 0.231 e. The zero-order valence-electron chi connectivity index (χ0n) is 10.5. The molecule has 0 unspecified atom stereocenters. The zero-order valence-corrected chi connectivity index (χ0v) is 11.2. The molecule has 0 aromatic heterocycles. The van der Waals surface area contributed by atoms with Gasteiger partial charge in [0.2, 0.25) is 5.91 Å². The first-order chi connectivity index (χ1) is 9.24. The number of nitrogens with zero attached hydrogens (tertiary/aromatic N) is 1. The van der Waals surface area contributed by atoms with E-state index in [1.165, 1.54) is 5.56 Å². The summed E-state index contributed by atoms with van der Waals surface area (Å²) in [6, 6.07) is 15.6. The van der Waals surface area contributed by atoms with Crippen molar-refractivity contribution in [1.29, 1.82) is 0 Å². The topological polar surface area (TPSA) is 20.3 Å². The van der Waals surface area contributed by atoms with Crippen LogP contribution in [0.15, 0.2) is 48.5 Å². The molecule has 1 aliphatic heterocycles. The molecule has 0 N–H and O–H groups in total. The predicted molar refractivity (Wildman–Crippen MR) is 77.7 cm³/mol. The number of benzene rings is 2. The van der Waals surface area contributed by atoms with Gasteiger partial charge in [-0.25, -0.2) is 0 Å². The van der Waals surface area contributed by atoms with Gasteiger partial charge >= 0.3 is 0 Å². The Morgan fingerprint density at radius 1 is 1.11 bits per heavy atom. The van der Waals surface area contributed by atoms with Gasteiger partial charge in [0.15, 0.2) is 0 Å². The minimum atomic E-state index is 0.146. The van der Waals surface area contributed by atoms with E-state index in [1.807, 2.05) is 47.4 Å². The fourth-order valence-electron chi connectivity index (χ4n) is 2.47. The minimum absolute atomic E-state index is 0.146. The van der Waals surface area contributed by atoms with Crippen molar-refractivity contribution in [3.8, 4) is 0 Å². The van der Waals surface area contributed by atoms with Gasteiger partial charge in [-0.05, 0) is 35.7 Å². The minimum Gasteiger partial charge on any atom is -0.312 e. The van der Waals surface area contributed by atoms with Crippen molar-refractivity contribution in [2.75, 3.05) is 11.4 Å². The van der Waals surface area contributed by atoms with Crippen molar-refractivity contribution >= 4 is 23.2 Å². The third-order valence-corrected chi connectivity index (χ3v) is 3.71. The van der Waals surface area contributed by atoms with Gasteiger partial charge < -0.3 is 4.90 Å². The molecule has 0 atom stereocenters. The molecule has 0 aliphatic carbocycles. The lowest BCUT2D eigenvalue weighted by Gasteiger charge is -2.17. The highest BCUT2D eigenvalue weighted by atomic mass is 35.5. The SMILES string of the molecule is O=C(Cc1ccc(Cl)cc1)N1CCc2ccccc21. The third-order valence-electron chi connectivity index (χ3n) is 3.46. The summed E-state index contributed by atoms with van der Waals surface area (Å²) in [5.41, 5.74) is 3.31. The molecule has 1 amide bonds. The molecule has 2 aromatic carbocycles. The lowest BCUT2D eigenvalue weighted by Crippen LogP contribution is -2.30. The molecule has 0 saturated heterocycles. The maximum atomic E-state index is 12.4. The van der Waals surface area contributed by atoms with Crippen molar-refractivity contribution in [3.63, 3.8) is 0 Å². The number of hydrogen-bond acceptors (Lipinski definition) is 1. The zero-order chi connectivity index (χ0) is 13.2. The highest BCUT2D eigenvalue weighted by Crippen LogP contribution is 2.28. The third kappa shape index (κ3) is 2.49. The quantitative estimate of drug-likeness (QED) is 0.819. The Labute approximate surface area is 117 Å². The molecule has 0 bridgehead atoms. The number of anilines is 1. The molecule has 19 heavy (non-hydrogen) atoms. The second-order valence-corrected chi connectivity index (χ2v) is 5.16. The maximum Gasteiger partial charge on any atom is 0.231 e. The van der Waals surface area contributed by atoms with Crippen LogP contribution >= 0.6 is 11.6 Å². The van der Waals surface area contributed by atoms with Crippen LogP contribution in [0.3, 0.4) is 0 Å². The molecule has 3 heteroatoms. The highest BCUT2D eigenvalue weighted by molar-refractivity contribution is 6.30. The standard InChI is InChI=1S/C16H14ClNO/c17-14-7-5-12(6-8-14)11-16(19)18-10-9-13-3-1-2-4-15(13)18/h1-8H,9-11H2. The van der Waals surface area contributed by atoms with Gasteiger partial charge in [-0.2, -0.15) is 0 Å². The molecule has 1 aliphatic rings. The Bertz CT molecular complexity index is 606. The van der Waals surface area contributed by atoms with Crippen LogP contribution in [-0.4, -0.2) is 12.5 Å². The van der Waals surface area contributed by atoms with Gasteiger partial charge in [0.25, 0.3) is 0 Å². The van der Waals surface area contributed by atoms with Gasteiger partial charge in [-0.15, -0.1) is 0 Å². The second kappa shape index (κ2) is 5.06. The number of carbonyl (C=O) groups excluding carboxylic acids is 1. The molecule has 1 heterocycles. The summed E-state index contributed by atoms with van der Waals surface area (Å²) in [5.74, 6) is 0.146. The molecule has 3 rings (SSSR count). The molecule has 96 valence electrons. The van der Waals surface area contributed by atoms with E-state index in [4.69, 9.17) is 11.6 Å². The van der Waals surface area contributed by atoms with Gasteiger partial charge in [0.05, 0.1) is 6.42 Å². The van der Waals surface area contributed by atoms with Crippen LogP contribution in [0.2, 0.25) is 5.02 Å². The number of amides is 1. The van der Waals surface area contributed by atoms with Crippen molar-refractivity contribution in [3.05, 3.63) is 64.7 Å². The van der Waals surface area contributed by atoms with E-state index in [2.05, 4.69) is 6.07 Å². The molecule has 2 nitrogen and oxygen atoms in total. The number of hydrogen-bond donors (Lipinski definition) is 0. The van der Waals surface area contributed by atoms with Crippen LogP contribution in [0, 0.1) is 0 Å². The number of para-hydroxylation sites is 1. The first-order valence-corrected chi connectivity index (χ1v) is 6.74. The Balaban J connectivity index is 1.77. The molecular weight excluding hydrogens is 258 g/mol. The van der Waals surface area contributed by atoms with Crippen LogP contribution in [0.5, 0.6) is 0 Å². The van der Waals surface area contributed by atoms with E-state index < -0.39 is 0 Å². The number of fused-ring (bicyclic) bond motifs is 1. The average molecular weight is 272 g/mol. The second-order valence-electron chi connectivity index (χ2n) is 4.73. The molecular formula is C16H14ClNO. The fraction of sp³-hybridized carbons (Fsp3) is 0.188. The van der Waals surface area contributed by atoms with E-state index in [1.54, 1.807) is 0 Å². The first kappa shape index (κ1) is 12.2. The van der Waals surface area contributed by atoms with Gasteiger partial charge in [-0.1, -0.05) is 41.9 Å². The van der Waals surface area contributed by atoms with Gasteiger partial charge in [-0.3, -0.25) is 4.79 Å². The monoisotopic (exact) mass is 271 g/mol. The van der Waals surface area contributed by atoms with Gasteiger partial charge in [0, 0.05) is 17.3 Å². The summed E-state index contributed by atoms with van der Waals surface area (Å²) in [5, 5.41) is 0.697. The van der Waals surface area contributed by atoms with Crippen LogP contribution in [-0.2, 0) is 17.6 Å². The Morgan fingerprint density at radius 3 is 2.63 bits per heavy atom. The number of halogens is 1. The molecule has 0 fully saturated rings. The van der Waals surface area contributed by atoms with Crippen molar-refractivity contribution in [2.45, 2.75) is 12.8 Å². The highest BCUT2D eigenvalue weighted by Gasteiger charge is 2.23. The van der Waals surface area contributed by atoms with E-state index in [9.17, 15) is 4.79 Å². The summed E-state index contributed by atoms with van der Waals surface area (Å²) < 4.78 is 0. The molecule has 0 spiro atoms. The van der Waals surface area contributed by atoms with Crippen LogP contribution in [0.1, 0.15) is 11.1 Å². The normalized spacial score (nSPS) is 13.4. The summed E-state index contributed by atoms with van der Waals surface area (Å²) in [6.07, 6.45) is 1.37. The summed E-state index contributed by atoms with van der Waals surface area (Å²) in [7, 11) is 0. The van der Waals surface area contributed by atoms with Crippen molar-refractivity contribution < 1.29 is 4.79 Å². The van der Waals surface area contributed by atoms with E-state index in [0.717, 1.165) is 24.2 Å². The first-order valence-electron chi connectivity index (χ1n) is 6.37. The van der Waals surface area contributed by atoms with Crippen molar-refractivity contribution in [1.82, 2.24) is 0 Å². The molecule has 0 radical (unpaired) electrons. The van der Waals surface area contributed by atoms with Crippen molar-refractivity contribution in [2.24, 2.45) is 0 Å². The number of carbonyl (C=O) groups is 1. The molecule has 2 aromatic rings. The summed E-state index contributed by atoms with van der Waals surface area (Å²) in [4.78, 5) is 14.2. The number of rotatable bonds is 2. The van der Waals surface area contributed by atoms with E-state index in [-0.39, 0.29) is 5.91 Å².